The molecule has 1 aliphatic rings. The maximum atomic E-state index is 12.2. The fraction of sp³-hybridized carbons (Fsp3) is 0.214. The van der Waals surface area contributed by atoms with Crippen molar-refractivity contribution in [3.05, 3.63) is 43.0 Å². The Kier molecular flexibility index (Phi) is 4.14. The summed E-state index contributed by atoms with van der Waals surface area (Å²) in [4.78, 5) is 12.9. The molecule has 0 atom stereocenters. The fourth-order valence-corrected chi connectivity index (χ4v) is 4.12. The van der Waals surface area contributed by atoms with E-state index < -0.39 is 0 Å². The van der Waals surface area contributed by atoms with Gasteiger partial charge in [0.05, 0.1) is 8.66 Å². The fourth-order valence-electron chi connectivity index (χ4n) is 2.19. The minimum absolute atomic E-state index is 0.0860. The minimum atomic E-state index is -0.0860. The third-order valence-corrected chi connectivity index (χ3v) is 6.43. The van der Waals surface area contributed by atoms with Crippen molar-refractivity contribution < 1.29 is 4.79 Å². The smallest absolute Gasteiger partial charge is 0.265 e. The highest BCUT2D eigenvalue weighted by Gasteiger charge is 2.14. The van der Waals surface area contributed by atoms with Crippen LogP contribution in [0.1, 0.15) is 21.7 Å². The summed E-state index contributed by atoms with van der Waals surface area (Å²) in [6.07, 6.45) is 2.26. The molecule has 104 valence electrons. The SMILES string of the molecule is O=C(Nc1ccc2c(c1)NCCC2)c1cc(Br)c(Br)s1. The number of carbonyl (C=O) groups excluding carboxylic acids is 1. The molecule has 0 spiro atoms. The lowest BCUT2D eigenvalue weighted by Crippen LogP contribution is -2.14. The van der Waals surface area contributed by atoms with E-state index in [1.165, 1.54) is 16.9 Å². The van der Waals surface area contributed by atoms with E-state index in [4.69, 9.17) is 0 Å². The molecule has 1 aliphatic heterocycles. The van der Waals surface area contributed by atoms with E-state index >= 15 is 0 Å². The third-order valence-electron chi connectivity index (χ3n) is 3.18. The van der Waals surface area contributed by atoms with Gasteiger partial charge in [-0.05, 0) is 68.5 Å². The van der Waals surface area contributed by atoms with Gasteiger partial charge in [-0.1, -0.05) is 6.07 Å². The van der Waals surface area contributed by atoms with Gasteiger partial charge in [0, 0.05) is 22.4 Å². The number of aryl methyl sites for hydroxylation is 1. The Hall–Kier alpha value is -0.850. The molecule has 0 fully saturated rings. The van der Waals surface area contributed by atoms with Crippen molar-refractivity contribution in [2.45, 2.75) is 12.8 Å². The number of benzene rings is 1. The van der Waals surface area contributed by atoms with Gasteiger partial charge >= 0.3 is 0 Å². The second kappa shape index (κ2) is 5.87. The predicted octanol–water partition coefficient (Wildman–Crippen LogP) is 4.88. The zero-order valence-electron chi connectivity index (χ0n) is 10.5. The topological polar surface area (TPSA) is 41.1 Å². The van der Waals surface area contributed by atoms with Crippen molar-refractivity contribution in [3.63, 3.8) is 0 Å². The number of fused-ring (bicyclic) bond motifs is 1. The molecular weight excluding hydrogens is 404 g/mol. The predicted molar refractivity (Wildman–Crippen MR) is 90.9 cm³/mol. The number of nitrogens with one attached hydrogen (secondary N) is 2. The van der Waals surface area contributed by atoms with Crippen LogP contribution in [-0.4, -0.2) is 12.5 Å². The quantitative estimate of drug-likeness (QED) is 0.733. The number of hydrogen-bond donors (Lipinski definition) is 2. The summed E-state index contributed by atoms with van der Waals surface area (Å²) in [6, 6.07) is 7.86. The normalized spacial score (nSPS) is 13.5. The molecule has 2 N–H and O–H groups in total. The highest BCUT2D eigenvalue weighted by atomic mass is 79.9. The second-order valence-corrected chi connectivity index (χ2v) is 7.81. The summed E-state index contributed by atoms with van der Waals surface area (Å²) in [6.45, 7) is 0.995. The maximum Gasteiger partial charge on any atom is 0.265 e. The molecule has 20 heavy (non-hydrogen) atoms. The van der Waals surface area contributed by atoms with Crippen molar-refractivity contribution in [1.82, 2.24) is 0 Å². The van der Waals surface area contributed by atoms with Gasteiger partial charge < -0.3 is 10.6 Å². The lowest BCUT2D eigenvalue weighted by atomic mass is 10.0. The van der Waals surface area contributed by atoms with Gasteiger partial charge in [0.2, 0.25) is 0 Å². The Bertz CT molecular complexity index is 650. The average Bonchev–Trinajstić information content (AvgIpc) is 2.79. The number of amides is 1. The Labute approximate surface area is 138 Å². The molecule has 2 heterocycles. The van der Waals surface area contributed by atoms with Crippen molar-refractivity contribution in [2.24, 2.45) is 0 Å². The van der Waals surface area contributed by atoms with Gasteiger partial charge in [-0.2, -0.15) is 0 Å². The first-order valence-electron chi connectivity index (χ1n) is 6.26. The lowest BCUT2D eigenvalue weighted by Gasteiger charge is -2.18. The number of carbonyl (C=O) groups is 1. The molecule has 0 unspecified atom stereocenters. The zero-order valence-corrected chi connectivity index (χ0v) is 14.5. The molecule has 0 saturated carbocycles. The molecule has 0 aliphatic carbocycles. The molecule has 3 nitrogen and oxygen atoms in total. The molecule has 1 aromatic heterocycles. The Morgan fingerprint density at radius 2 is 2.15 bits per heavy atom. The summed E-state index contributed by atoms with van der Waals surface area (Å²) >= 11 is 8.21. The third kappa shape index (κ3) is 2.92. The van der Waals surface area contributed by atoms with Gasteiger partial charge in [0.1, 0.15) is 0 Å². The minimum Gasteiger partial charge on any atom is -0.385 e. The molecule has 2 aromatic rings. The number of anilines is 2. The van der Waals surface area contributed by atoms with Crippen LogP contribution in [0.15, 0.2) is 32.5 Å². The number of halogens is 2. The number of hydrogen-bond acceptors (Lipinski definition) is 3. The Morgan fingerprint density at radius 3 is 2.90 bits per heavy atom. The van der Waals surface area contributed by atoms with Crippen molar-refractivity contribution >= 4 is 60.5 Å². The standard InChI is InChI=1S/C14H12Br2N2OS/c15-10-7-12(20-13(10)16)14(19)18-9-4-3-8-2-1-5-17-11(8)6-9/h3-4,6-7,17H,1-2,5H2,(H,18,19). The molecule has 1 aromatic carbocycles. The van der Waals surface area contributed by atoms with Gasteiger partial charge in [0.25, 0.3) is 5.91 Å². The highest BCUT2D eigenvalue weighted by molar-refractivity contribution is 9.13. The Morgan fingerprint density at radius 1 is 1.30 bits per heavy atom. The van der Waals surface area contributed by atoms with E-state index in [1.807, 2.05) is 18.2 Å². The summed E-state index contributed by atoms with van der Waals surface area (Å²) in [5.74, 6) is -0.0860. The van der Waals surface area contributed by atoms with E-state index in [2.05, 4.69) is 48.6 Å². The van der Waals surface area contributed by atoms with Gasteiger partial charge in [0.15, 0.2) is 0 Å². The van der Waals surface area contributed by atoms with Gasteiger partial charge in [-0.25, -0.2) is 0 Å². The molecular formula is C14H12Br2N2OS. The maximum absolute atomic E-state index is 12.2. The van der Waals surface area contributed by atoms with Crippen LogP contribution < -0.4 is 10.6 Å². The lowest BCUT2D eigenvalue weighted by molar-refractivity contribution is 0.103. The van der Waals surface area contributed by atoms with Crippen LogP contribution >= 0.6 is 43.2 Å². The molecule has 1 amide bonds. The van der Waals surface area contributed by atoms with Crippen LogP contribution in [0.25, 0.3) is 0 Å². The molecule has 6 heteroatoms. The first-order valence-corrected chi connectivity index (χ1v) is 8.67. The summed E-state index contributed by atoms with van der Waals surface area (Å²) < 4.78 is 1.83. The molecule has 0 radical (unpaired) electrons. The zero-order chi connectivity index (χ0) is 14.1. The average molecular weight is 416 g/mol. The van der Waals surface area contributed by atoms with Crippen LogP contribution in [0.3, 0.4) is 0 Å². The summed E-state index contributed by atoms with van der Waals surface area (Å²) in [5, 5.41) is 6.30. The van der Waals surface area contributed by atoms with E-state index in [0.29, 0.717) is 4.88 Å². The molecule has 0 saturated heterocycles. The largest absolute Gasteiger partial charge is 0.385 e. The van der Waals surface area contributed by atoms with Crippen LogP contribution in [-0.2, 0) is 6.42 Å². The Balaban J connectivity index is 1.79. The van der Waals surface area contributed by atoms with Crippen LogP contribution in [0.2, 0.25) is 0 Å². The molecule has 3 rings (SSSR count). The number of rotatable bonds is 2. The van der Waals surface area contributed by atoms with E-state index in [0.717, 1.165) is 39.0 Å². The van der Waals surface area contributed by atoms with Gasteiger partial charge in [-0.15, -0.1) is 11.3 Å². The number of thiophene rings is 1. The van der Waals surface area contributed by atoms with E-state index in [-0.39, 0.29) is 5.91 Å². The van der Waals surface area contributed by atoms with Crippen LogP contribution in [0.4, 0.5) is 11.4 Å². The first-order chi connectivity index (χ1) is 9.63. The molecule has 0 bridgehead atoms. The van der Waals surface area contributed by atoms with E-state index in [1.54, 1.807) is 0 Å². The monoisotopic (exact) mass is 414 g/mol. The summed E-state index contributed by atoms with van der Waals surface area (Å²) in [7, 11) is 0. The van der Waals surface area contributed by atoms with Crippen LogP contribution in [0, 0.1) is 0 Å². The first kappa shape index (κ1) is 14.1. The van der Waals surface area contributed by atoms with Crippen molar-refractivity contribution in [3.8, 4) is 0 Å². The second-order valence-electron chi connectivity index (χ2n) is 4.59. The van der Waals surface area contributed by atoms with Gasteiger partial charge in [-0.3, -0.25) is 4.79 Å². The highest BCUT2D eigenvalue weighted by Crippen LogP contribution is 2.33. The van der Waals surface area contributed by atoms with E-state index in [9.17, 15) is 4.79 Å². The van der Waals surface area contributed by atoms with Crippen molar-refractivity contribution in [2.75, 3.05) is 17.2 Å². The summed E-state index contributed by atoms with van der Waals surface area (Å²) in [5.41, 5.74) is 3.27. The van der Waals surface area contributed by atoms with Crippen LogP contribution in [0.5, 0.6) is 0 Å². The van der Waals surface area contributed by atoms with Crippen molar-refractivity contribution in [1.29, 1.82) is 0 Å².